The van der Waals surface area contributed by atoms with E-state index in [9.17, 15) is 4.79 Å². The number of aromatic nitrogens is 4. The van der Waals surface area contributed by atoms with Crippen LogP contribution in [0.5, 0.6) is 5.75 Å². The first-order valence-electron chi connectivity index (χ1n) is 11.9. The zero-order chi connectivity index (χ0) is 25.7. The number of ether oxygens (including phenoxy) is 2. The molecule has 0 bridgehead atoms. The van der Waals surface area contributed by atoms with Crippen molar-refractivity contribution in [2.24, 2.45) is 5.92 Å². The summed E-state index contributed by atoms with van der Waals surface area (Å²) in [5.41, 5.74) is 1.92. The molecular weight excluding hydrogens is 480 g/mol. The fourth-order valence-electron chi connectivity index (χ4n) is 4.16. The molecule has 1 N–H and O–H groups in total. The predicted octanol–water partition coefficient (Wildman–Crippen LogP) is 6.00. The highest BCUT2D eigenvalue weighted by Crippen LogP contribution is 2.35. The van der Waals surface area contributed by atoms with E-state index in [0.29, 0.717) is 40.9 Å². The van der Waals surface area contributed by atoms with Crippen molar-refractivity contribution < 1.29 is 14.3 Å². The van der Waals surface area contributed by atoms with E-state index in [-0.39, 0.29) is 17.3 Å². The lowest BCUT2D eigenvalue weighted by Gasteiger charge is -2.30. The third kappa shape index (κ3) is 6.32. The number of hydrogen-bond donors (Lipinski definition) is 1. The molecule has 0 radical (unpaired) electrons. The molecule has 9 nitrogen and oxygen atoms in total. The fourth-order valence-corrected chi connectivity index (χ4v) is 4.35. The van der Waals surface area contributed by atoms with Crippen LogP contribution in [-0.4, -0.2) is 44.1 Å². The van der Waals surface area contributed by atoms with Crippen LogP contribution in [-0.2, 0) is 4.74 Å². The predicted molar refractivity (Wildman–Crippen MR) is 136 cm³/mol. The normalized spacial score (nSPS) is 17.8. The van der Waals surface area contributed by atoms with Crippen molar-refractivity contribution in [1.82, 2.24) is 25.1 Å². The fraction of sp³-hybridized carbons (Fsp3) is 0.423. The molecule has 0 spiro atoms. The van der Waals surface area contributed by atoms with Gasteiger partial charge in [0.1, 0.15) is 17.6 Å². The average Bonchev–Trinajstić information content (AvgIpc) is 3.33. The Bertz CT molecular complexity index is 1260. The van der Waals surface area contributed by atoms with Gasteiger partial charge in [0, 0.05) is 17.8 Å². The Morgan fingerprint density at radius 2 is 1.97 bits per heavy atom. The number of nitrogens with one attached hydrogen (secondary N) is 1. The number of halogens is 1. The summed E-state index contributed by atoms with van der Waals surface area (Å²) in [5, 5.41) is 7.61. The van der Waals surface area contributed by atoms with Crippen LogP contribution in [0.1, 0.15) is 46.5 Å². The highest BCUT2D eigenvalue weighted by Gasteiger charge is 2.26. The third-order valence-electron chi connectivity index (χ3n) is 5.90. The average molecular weight is 509 g/mol. The van der Waals surface area contributed by atoms with Gasteiger partial charge < -0.3 is 14.8 Å². The molecule has 0 atom stereocenters. The molecule has 0 saturated heterocycles. The van der Waals surface area contributed by atoms with Gasteiger partial charge in [-0.15, -0.1) is 0 Å². The van der Waals surface area contributed by atoms with Crippen LogP contribution in [0.15, 0.2) is 43.0 Å². The summed E-state index contributed by atoms with van der Waals surface area (Å²) < 4.78 is 13.1. The SMILES string of the molecule is [C-]#[N+]c1ccccc1-n1cc(-c2ncnc(Cl)c2OCC2CCC(NC(=O)OC(C)(C)C)CC2)cn1. The van der Waals surface area contributed by atoms with E-state index in [2.05, 4.69) is 25.2 Å². The van der Waals surface area contributed by atoms with Gasteiger partial charge in [0.25, 0.3) is 0 Å². The van der Waals surface area contributed by atoms with Crippen molar-refractivity contribution in [3.8, 4) is 22.7 Å². The highest BCUT2D eigenvalue weighted by molar-refractivity contribution is 6.31. The van der Waals surface area contributed by atoms with E-state index in [0.717, 1.165) is 25.7 Å². The lowest BCUT2D eigenvalue weighted by atomic mass is 9.86. The molecule has 0 unspecified atom stereocenters. The Balaban J connectivity index is 1.40. The maximum absolute atomic E-state index is 12.0. The standard InChI is InChI=1S/C26H29ClN6O3/c1-26(2,3)36-25(34)32-19-11-9-17(10-12-19)15-35-23-22(29-16-30-24(23)27)18-13-31-33(14-18)21-8-6-5-7-20(21)28-4/h5-8,13-14,16-17,19H,9-12,15H2,1-3H3,(H,32,34). The van der Waals surface area contributed by atoms with Crippen molar-refractivity contribution in [1.29, 1.82) is 0 Å². The molecular formula is C26H29ClN6O3. The van der Waals surface area contributed by atoms with Gasteiger partial charge in [0.2, 0.25) is 5.69 Å². The van der Waals surface area contributed by atoms with Crippen LogP contribution in [0, 0.1) is 12.5 Å². The second-order valence-corrected chi connectivity index (χ2v) is 10.1. The largest absolute Gasteiger partial charge is 0.488 e. The highest BCUT2D eigenvalue weighted by atomic mass is 35.5. The number of alkyl carbamates (subject to hydrolysis) is 1. The number of rotatable bonds is 6. The first kappa shape index (κ1) is 25.5. The Morgan fingerprint density at radius 1 is 1.22 bits per heavy atom. The van der Waals surface area contributed by atoms with Crippen LogP contribution in [0.4, 0.5) is 10.5 Å². The topological polar surface area (TPSA) is 95.5 Å². The van der Waals surface area contributed by atoms with Crippen LogP contribution in [0.3, 0.4) is 0 Å². The molecule has 1 amide bonds. The minimum atomic E-state index is -0.513. The van der Waals surface area contributed by atoms with Gasteiger partial charge in [-0.25, -0.2) is 19.6 Å². The molecule has 0 aliphatic heterocycles. The van der Waals surface area contributed by atoms with Gasteiger partial charge in [-0.05, 0) is 58.4 Å². The maximum atomic E-state index is 12.0. The maximum Gasteiger partial charge on any atom is 0.407 e. The summed E-state index contributed by atoms with van der Waals surface area (Å²) >= 11 is 6.40. The zero-order valence-corrected chi connectivity index (χ0v) is 21.3. The van der Waals surface area contributed by atoms with E-state index < -0.39 is 5.60 Å². The molecule has 2 heterocycles. The van der Waals surface area contributed by atoms with E-state index in [1.807, 2.05) is 39.0 Å². The summed E-state index contributed by atoms with van der Waals surface area (Å²) in [5.74, 6) is 0.727. The molecule has 1 aromatic carbocycles. The Hall–Kier alpha value is -3.64. The number of para-hydroxylation sites is 2. The summed E-state index contributed by atoms with van der Waals surface area (Å²) in [6.07, 6.45) is 8.00. The molecule has 2 aromatic heterocycles. The van der Waals surface area contributed by atoms with Crippen LogP contribution >= 0.6 is 11.6 Å². The smallest absolute Gasteiger partial charge is 0.407 e. The molecule has 4 rings (SSSR count). The molecule has 3 aromatic rings. The summed E-state index contributed by atoms with van der Waals surface area (Å²) in [6.45, 7) is 13.4. The van der Waals surface area contributed by atoms with Gasteiger partial charge in [-0.1, -0.05) is 29.8 Å². The van der Waals surface area contributed by atoms with E-state index in [1.165, 1.54) is 6.33 Å². The zero-order valence-electron chi connectivity index (χ0n) is 20.6. The van der Waals surface area contributed by atoms with Gasteiger partial charge in [0.05, 0.1) is 25.1 Å². The summed E-state index contributed by atoms with van der Waals surface area (Å²) in [7, 11) is 0. The minimum absolute atomic E-state index is 0.0967. The van der Waals surface area contributed by atoms with Gasteiger partial charge in [-0.2, -0.15) is 5.10 Å². The van der Waals surface area contributed by atoms with Crippen molar-refractivity contribution >= 4 is 23.4 Å². The van der Waals surface area contributed by atoms with Crippen molar-refractivity contribution in [2.75, 3.05) is 6.61 Å². The van der Waals surface area contributed by atoms with Crippen molar-refractivity contribution in [3.05, 3.63) is 59.6 Å². The summed E-state index contributed by atoms with van der Waals surface area (Å²) in [6, 6.07) is 7.36. The minimum Gasteiger partial charge on any atom is -0.488 e. The molecule has 1 aliphatic carbocycles. The Kier molecular flexibility index (Phi) is 7.75. The number of hydrogen-bond acceptors (Lipinski definition) is 6. The molecule has 1 aliphatic rings. The number of nitrogens with zero attached hydrogens (tertiary/aromatic N) is 5. The quantitative estimate of drug-likeness (QED) is 0.324. The van der Waals surface area contributed by atoms with E-state index in [4.69, 9.17) is 27.6 Å². The Morgan fingerprint density at radius 3 is 2.69 bits per heavy atom. The van der Waals surface area contributed by atoms with Crippen LogP contribution in [0.2, 0.25) is 5.15 Å². The molecule has 188 valence electrons. The van der Waals surface area contributed by atoms with Gasteiger partial charge >= 0.3 is 6.09 Å². The third-order valence-corrected chi connectivity index (χ3v) is 6.17. The lowest BCUT2D eigenvalue weighted by Crippen LogP contribution is -2.41. The number of benzene rings is 1. The first-order valence-corrected chi connectivity index (χ1v) is 12.3. The van der Waals surface area contributed by atoms with Crippen LogP contribution < -0.4 is 10.1 Å². The van der Waals surface area contributed by atoms with Crippen molar-refractivity contribution in [2.45, 2.75) is 58.1 Å². The van der Waals surface area contributed by atoms with E-state index in [1.54, 1.807) is 23.1 Å². The Labute approximate surface area is 215 Å². The first-order chi connectivity index (χ1) is 17.2. The number of carbonyl (C=O) groups excluding carboxylic acids is 1. The molecule has 1 saturated carbocycles. The molecule has 10 heteroatoms. The van der Waals surface area contributed by atoms with Crippen LogP contribution in [0.25, 0.3) is 21.8 Å². The van der Waals surface area contributed by atoms with Crippen molar-refractivity contribution in [3.63, 3.8) is 0 Å². The number of carbonyl (C=O) groups is 1. The van der Waals surface area contributed by atoms with E-state index >= 15 is 0 Å². The monoisotopic (exact) mass is 508 g/mol. The number of amides is 1. The molecule has 1 fully saturated rings. The second-order valence-electron chi connectivity index (χ2n) is 9.79. The van der Waals surface area contributed by atoms with Gasteiger partial charge in [0.15, 0.2) is 10.9 Å². The molecule has 36 heavy (non-hydrogen) atoms. The second kappa shape index (κ2) is 11.0. The van der Waals surface area contributed by atoms with Gasteiger partial charge in [-0.3, -0.25) is 4.68 Å². The lowest BCUT2D eigenvalue weighted by molar-refractivity contribution is 0.0483. The summed E-state index contributed by atoms with van der Waals surface area (Å²) in [4.78, 5) is 24.1.